The van der Waals surface area contributed by atoms with E-state index in [2.05, 4.69) is 9.89 Å². The molecule has 1 atom stereocenters. The molecule has 0 aliphatic carbocycles. The van der Waals surface area contributed by atoms with Crippen molar-refractivity contribution >= 4 is 28.6 Å². The summed E-state index contributed by atoms with van der Waals surface area (Å²) in [4.78, 5) is 34.0. The topological polar surface area (TPSA) is 71.4 Å². The van der Waals surface area contributed by atoms with Crippen LogP contribution in [0.5, 0.6) is 11.5 Å². The van der Waals surface area contributed by atoms with Crippen molar-refractivity contribution in [3.8, 4) is 11.5 Å². The lowest BCUT2D eigenvalue weighted by Crippen LogP contribution is -2.45. The number of carbonyl (C=O) groups excluding carboxylic acids is 2. The van der Waals surface area contributed by atoms with Gasteiger partial charge in [0.05, 0.1) is 38.6 Å². The van der Waals surface area contributed by atoms with Crippen LogP contribution in [0.25, 0.3) is 0 Å². The first-order valence-corrected chi connectivity index (χ1v) is 10.3. The SMILES string of the molecule is COc1ccc2c(c1)C(=O)CC1(CCN(C(=O)CC3=CSC4=NCCN34)C1)O2. The fourth-order valence-electron chi connectivity index (χ4n) is 4.27. The van der Waals surface area contributed by atoms with Crippen LogP contribution in [0.3, 0.4) is 0 Å². The summed E-state index contributed by atoms with van der Waals surface area (Å²) in [6, 6.07) is 5.30. The Morgan fingerprint density at radius 1 is 1.39 bits per heavy atom. The molecule has 0 saturated carbocycles. The molecule has 4 aliphatic rings. The standard InChI is InChI=1S/C20H21N3O4S/c1-26-14-2-3-17-15(9-14)16(24)10-20(27-17)4-6-22(12-20)18(25)8-13-11-28-19-21-5-7-23(13)19/h2-3,9,11H,4-8,10,12H2,1H3. The van der Waals surface area contributed by atoms with Crippen LogP contribution >= 0.6 is 11.8 Å². The number of likely N-dealkylation sites (tertiary alicyclic amines) is 1. The molecule has 28 heavy (non-hydrogen) atoms. The molecule has 4 aliphatic heterocycles. The van der Waals surface area contributed by atoms with Crippen molar-refractivity contribution in [1.29, 1.82) is 0 Å². The first-order chi connectivity index (χ1) is 13.6. The number of methoxy groups -OCH3 is 1. The lowest BCUT2D eigenvalue weighted by Gasteiger charge is -2.34. The molecule has 1 aromatic rings. The van der Waals surface area contributed by atoms with Crippen LogP contribution in [-0.4, -0.2) is 65.5 Å². The molecule has 0 N–H and O–H groups in total. The minimum Gasteiger partial charge on any atom is -0.497 e. The van der Waals surface area contributed by atoms with E-state index in [0.29, 0.717) is 49.4 Å². The molecule has 0 aromatic heterocycles. The Hall–Kier alpha value is -2.48. The van der Waals surface area contributed by atoms with Gasteiger partial charge < -0.3 is 19.3 Å². The second-order valence-corrected chi connectivity index (χ2v) is 8.37. The average Bonchev–Trinajstić information content (AvgIpc) is 3.39. The third-order valence-corrected chi connectivity index (χ3v) is 6.70. The van der Waals surface area contributed by atoms with Crippen LogP contribution in [-0.2, 0) is 4.79 Å². The molecule has 1 spiro atoms. The van der Waals surface area contributed by atoms with Crippen LogP contribution in [0.2, 0.25) is 0 Å². The molecule has 0 bridgehead atoms. The zero-order chi connectivity index (χ0) is 19.3. The Morgan fingerprint density at radius 3 is 3.14 bits per heavy atom. The van der Waals surface area contributed by atoms with E-state index >= 15 is 0 Å². The lowest BCUT2D eigenvalue weighted by molar-refractivity contribution is -0.130. The number of hydrogen-bond acceptors (Lipinski definition) is 7. The van der Waals surface area contributed by atoms with Gasteiger partial charge in [-0.1, -0.05) is 11.8 Å². The molecule has 5 rings (SSSR count). The molecule has 1 fully saturated rings. The number of Topliss-reactive ketones (excluding diaryl/α,β-unsaturated/α-hetero) is 1. The predicted octanol–water partition coefficient (Wildman–Crippen LogP) is 2.28. The number of ketones is 1. The van der Waals surface area contributed by atoms with E-state index in [9.17, 15) is 9.59 Å². The summed E-state index contributed by atoms with van der Waals surface area (Å²) in [6.45, 7) is 2.70. The van der Waals surface area contributed by atoms with Gasteiger partial charge in [0.2, 0.25) is 5.91 Å². The number of nitrogens with zero attached hydrogens (tertiary/aromatic N) is 3. The smallest absolute Gasteiger partial charge is 0.228 e. The maximum atomic E-state index is 12.9. The van der Waals surface area contributed by atoms with Gasteiger partial charge in [0, 0.05) is 25.2 Å². The number of hydrogen-bond donors (Lipinski definition) is 0. The van der Waals surface area contributed by atoms with E-state index < -0.39 is 5.60 Å². The molecule has 1 amide bonds. The Morgan fingerprint density at radius 2 is 2.29 bits per heavy atom. The number of benzene rings is 1. The van der Waals surface area contributed by atoms with Gasteiger partial charge in [0.25, 0.3) is 0 Å². The van der Waals surface area contributed by atoms with Gasteiger partial charge >= 0.3 is 0 Å². The second-order valence-electron chi connectivity index (χ2n) is 7.53. The van der Waals surface area contributed by atoms with Crippen molar-refractivity contribution in [3.05, 3.63) is 34.9 Å². The number of rotatable bonds is 3. The normalized spacial score (nSPS) is 25.4. The zero-order valence-electron chi connectivity index (χ0n) is 15.6. The Kier molecular flexibility index (Phi) is 4.12. The third kappa shape index (κ3) is 2.87. The predicted molar refractivity (Wildman–Crippen MR) is 106 cm³/mol. The van der Waals surface area contributed by atoms with E-state index in [1.807, 2.05) is 10.3 Å². The fourth-order valence-corrected chi connectivity index (χ4v) is 5.22. The Bertz CT molecular complexity index is 928. The van der Waals surface area contributed by atoms with Gasteiger partial charge in [-0.15, -0.1) is 0 Å². The molecule has 8 heteroatoms. The van der Waals surface area contributed by atoms with E-state index in [0.717, 1.165) is 24.0 Å². The third-order valence-electron chi connectivity index (χ3n) is 5.75. The van der Waals surface area contributed by atoms with Crippen LogP contribution in [0.4, 0.5) is 0 Å². The largest absolute Gasteiger partial charge is 0.497 e. The molecule has 1 aromatic carbocycles. The Balaban J connectivity index is 1.28. The molecule has 1 unspecified atom stereocenters. The maximum Gasteiger partial charge on any atom is 0.228 e. The van der Waals surface area contributed by atoms with Crippen molar-refractivity contribution in [3.63, 3.8) is 0 Å². The van der Waals surface area contributed by atoms with E-state index in [1.54, 1.807) is 37.1 Å². The first-order valence-electron chi connectivity index (χ1n) is 9.43. The molecule has 4 heterocycles. The van der Waals surface area contributed by atoms with Crippen LogP contribution in [0.15, 0.2) is 34.3 Å². The highest BCUT2D eigenvalue weighted by atomic mass is 32.2. The second kappa shape index (κ2) is 6.55. The first kappa shape index (κ1) is 17.6. The number of ether oxygens (including phenoxy) is 2. The highest BCUT2D eigenvalue weighted by molar-refractivity contribution is 8.16. The van der Waals surface area contributed by atoms with Gasteiger partial charge in [-0.25, -0.2) is 0 Å². The van der Waals surface area contributed by atoms with Crippen LogP contribution in [0.1, 0.15) is 29.6 Å². The zero-order valence-corrected chi connectivity index (χ0v) is 16.5. The molecule has 0 radical (unpaired) electrons. The van der Waals surface area contributed by atoms with E-state index in [1.165, 1.54) is 0 Å². The lowest BCUT2D eigenvalue weighted by atomic mass is 9.89. The van der Waals surface area contributed by atoms with Crippen LogP contribution < -0.4 is 9.47 Å². The number of aliphatic imine (C=N–C) groups is 1. The van der Waals surface area contributed by atoms with E-state index in [-0.39, 0.29) is 11.7 Å². The van der Waals surface area contributed by atoms with Gasteiger partial charge in [-0.3, -0.25) is 14.6 Å². The summed E-state index contributed by atoms with van der Waals surface area (Å²) in [6.07, 6.45) is 1.32. The summed E-state index contributed by atoms with van der Waals surface area (Å²) in [5.74, 6) is 1.34. The number of amidine groups is 1. The quantitative estimate of drug-likeness (QED) is 0.777. The average molecular weight is 399 g/mol. The maximum absolute atomic E-state index is 12.9. The number of amides is 1. The molecular weight excluding hydrogens is 378 g/mol. The molecule has 1 saturated heterocycles. The molecule has 7 nitrogen and oxygen atoms in total. The summed E-state index contributed by atoms with van der Waals surface area (Å²) >= 11 is 1.59. The molecular formula is C20H21N3O4S. The minimum atomic E-state index is -0.618. The monoisotopic (exact) mass is 399 g/mol. The highest BCUT2D eigenvalue weighted by Crippen LogP contribution is 2.40. The highest BCUT2D eigenvalue weighted by Gasteiger charge is 2.47. The van der Waals surface area contributed by atoms with Gasteiger partial charge in [0.15, 0.2) is 11.0 Å². The van der Waals surface area contributed by atoms with E-state index in [4.69, 9.17) is 9.47 Å². The number of thioether (sulfide) groups is 1. The minimum absolute atomic E-state index is 0.0438. The van der Waals surface area contributed by atoms with Gasteiger partial charge in [0.1, 0.15) is 17.1 Å². The number of fused-ring (bicyclic) bond motifs is 2. The van der Waals surface area contributed by atoms with Crippen molar-refractivity contribution in [2.45, 2.75) is 24.9 Å². The van der Waals surface area contributed by atoms with Crippen molar-refractivity contribution in [2.75, 3.05) is 33.3 Å². The Labute approximate surface area is 167 Å². The summed E-state index contributed by atoms with van der Waals surface area (Å²) in [5.41, 5.74) is 0.960. The summed E-state index contributed by atoms with van der Waals surface area (Å²) in [7, 11) is 1.58. The fraction of sp³-hybridized carbons (Fsp3) is 0.450. The van der Waals surface area contributed by atoms with Crippen molar-refractivity contribution < 1.29 is 19.1 Å². The van der Waals surface area contributed by atoms with Gasteiger partial charge in [-0.2, -0.15) is 0 Å². The summed E-state index contributed by atoms with van der Waals surface area (Å²) in [5, 5.41) is 3.01. The van der Waals surface area contributed by atoms with Gasteiger partial charge in [-0.05, 0) is 23.6 Å². The van der Waals surface area contributed by atoms with Crippen molar-refractivity contribution in [1.82, 2.24) is 9.80 Å². The van der Waals surface area contributed by atoms with Crippen molar-refractivity contribution in [2.24, 2.45) is 4.99 Å². The molecule has 146 valence electrons. The number of carbonyl (C=O) groups is 2. The summed E-state index contributed by atoms with van der Waals surface area (Å²) < 4.78 is 11.5. The van der Waals surface area contributed by atoms with Crippen LogP contribution in [0, 0.1) is 0 Å².